The fourth-order valence-electron chi connectivity index (χ4n) is 2.10. The summed E-state index contributed by atoms with van der Waals surface area (Å²) in [5.74, 6) is -0.239. The highest BCUT2D eigenvalue weighted by molar-refractivity contribution is 5.93. The summed E-state index contributed by atoms with van der Waals surface area (Å²) in [4.78, 5) is 30.6. The Hall–Kier alpha value is -2.17. The minimum absolute atomic E-state index is 0.131. The normalized spacial score (nSPS) is 10.7. The predicted molar refractivity (Wildman–Crippen MR) is 77.9 cm³/mol. The third kappa shape index (κ3) is 2.71. The quantitative estimate of drug-likeness (QED) is 0.836. The van der Waals surface area contributed by atoms with Gasteiger partial charge in [-0.2, -0.15) is 0 Å². The molecule has 5 heteroatoms. The summed E-state index contributed by atoms with van der Waals surface area (Å²) < 4.78 is 1.40. The Morgan fingerprint density at radius 1 is 1.35 bits per heavy atom. The SMILES string of the molecule is CCCCN(CC)C(=O)c1cnc2ccccn2c1=O. The van der Waals surface area contributed by atoms with Crippen molar-refractivity contribution in [1.29, 1.82) is 0 Å². The van der Waals surface area contributed by atoms with Crippen molar-refractivity contribution in [2.75, 3.05) is 13.1 Å². The van der Waals surface area contributed by atoms with Crippen LogP contribution in [0.5, 0.6) is 0 Å². The largest absolute Gasteiger partial charge is 0.339 e. The Balaban J connectivity index is 2.39. The number of unbranched alkanes of at least 4 members (excludes halogenated alkanes) is 1. The maximum atomic E-state index is 12.4. The summed E-state index contributed by atoms with van der Waals surface area (Å²) in [5, 5.41) is 0. The molecular weight excluding hydrogens is 254 g/mol. The molecule has 0 saturated carbocycles. The number of rotatable bonds is 5. The smallest absolute Gasteiger partial charge is 0.270 e. The molecule has 0 radical (unpaired) electrons. The Labute approximate surface area is 117 Å². The molecule has 0 N–H and O–H groups in total. The highest BCUT2D eigenvalue weighted by Crippen LogP contribution is 2.03. The van der Waals surface area contributed by atoms with Gasteiger partial charge < -0.3 is 4.90 Å². The van der Waals surface area contributed by atoms with Gasteiger partial charge in [-0.05, 0) is 25.5 Å². The van der Waals surface area contributed by atoms with E-state index in [9.17, 15) is 9.59 Å². The predicted octanol–water partition coefficient (Wildman–Crippen LogP) is 1.96. The lowest BCUT2D eigenvalue weighted by Crippen LogP contribution is -2.36. The van der Waals surface area contributed by atoms with E-state index in [0.29, 0.717) is 18.7 Å². The van der Waals surface area contributed by atoms with E-state index in [0.717, 1.165) is 12.8 Å². The molecule has 5 nitrogen and oxygen atoms in total. The summed E-state index contributed by atoms with van der Waals surface area (Å²) in [6, 6.07) is 5.30. The molecule has 1 amide bonds. The van der Waals surface area contributed by atoms with Gasteiger partial charge in [0.2, 0.25) is 0 Å². The zero-order valence-electron chi connectivity index (χ0n) is 11.9. The second-order valence-electron chi connectivity index (χ2n) is 4.64. The summed E-state index contributed by atoms with van der Waals surface area (Å²) >= 11 is 0. The van der Waals surface area contributed by atoms with Crippen molar-refractivity contribution in [3.8, 4) is 0 Å². The van der Waals surface area contributed by atoms with E-state index in [1.54, 1.807) is 23.2 Å². The molecule has 106 valence electrons. The first-order valence-corrected chi connectivity index (χ1v) is 6.94. The van der Waals surface area contributed by atoms with Crippen LogP contribution in [0.25, 0.3) is 5.65 Å². The monoisotopic (exact) mass is 273 g/mol. The van der Waals surface area contributed by atoms with Gasteiger partial charge in [-0.15, -0.1) is 0 Å². The van der Waals surface area contributed by atoms with Crippen molar-refractivity contribution < 1.29 is 4.79 Å². The van der Waals surface area contributed by atoms with E-state index in [4.69, 9.17) is 0 Å². The van der Waals surface area contributed by atoms with Crippen LogP contribution in [0.4, 0.5) is 0 Å². The van der Waals surface area contributed by atoms with Gasteiger partial charge in [0, 0.05) is 25.5 Å². The third-order valence-corrected chi connectivity index (χ3v) is 3.29. The Bertz CT molecular complexity index is 663. The van der Waals surface area contributed by atoms with Crippen LogP contribution >= 0.6 is 0 Å². The summed E-state index contributed by atoms with van der Waals surface area (Å²) in [5.41, 5.74) is 0.368. The molecule has 0 aliphatic carbocycles. The van der Waals surface area contributed by atoms with Gasteiger partial charge in [-0.3, -0.25) is 14.0 Å². The first kappa shape index (κ1) is 14.2. The van der Waals surface area contributed by atoms with Crippen molar-refractivity contribution in [2.24, 2.45) is 0 Å². The molecular formula is C15H19N3O2. The number of carbonyl (C=O) groups excluding carboxylic acids is 1. The molecule has 20 heavy (non-hydrogen) atoms. The molecule has 2 aromatic rings. The van der Waals surface area contributed by atoms with Crippen molar-refractivity contribution in [1.82, 2.24) is 14.3 Å². The first-order valence-electron chi connectivity index (χ1n) is 6.94. The minimum atomic E-state index is -0.310. The molecule has 0 unspecified atom stereocenters. The van der Waals surface area contributed by atoms with Gasteiger partial charge in [0.1, 0.15) is 11.2 Å². The fourth-order valence-corrected chi connectivity index (χ4v) is 2.10. The lowest BCUT2D eigenvalue weighted by Gasteiger charge is -2.20. The Morgan fingerprint density at radius 2 is 2.15 bits per heavy atom. The highest BCUT2D eigenvalue weighted by atomic mass is 16.2. The van der Waals surface area contributed by atoms with Crippen LogP contribution in [0.15, 0.2) is 35.4 Å². The average Bonchev–Trinajstić information content (AvgIpc) is 2.48. The van der Waals surface area contributed by atoms with E-state index in [2.05, 4.69) is 11.9 Å². The third-order valence-electron chi connectivity index (χ3n) is 3.29. The maximum absolute atomic E-state index is 12.4. The summed E-state index contributed by atoms with van der Waals surface area (Å²) in [7, 11) is 0. The molecule has 2 rings (SSSR count). The number of aromatic nitrogens is 2. The Kier molecular flexibility index (Phi) is 4.50. The minimum Gasteiger partial charge on any atom is -0.339 e. The standard InChI is InChI=1S/C15H19N3O2/c1-3-5-9-17(4-2)14(19)12-11-16-13-8-6-7-10-18(13)15(12)20/h6-8,10-11H,3-5,9H2,1-2H3. The number of hydrogen-bond acceptors (Lipinski definition) is 3. The highest BCUT2D eigenvalue weighted by Gasteiger charge is 2.18. The van der Waals surface area contributed by atoms with Crippen LogP contribution in [-0.2, 0) is 0 Å². The topological polar surface area (TPSA) is 54.7 Å². The molecule has 0 aliphatic heterocycles. The fraction of sp³-hybridized carbons (Fsp3) is 0.400. The van der Waals surface area contributed by atoms with Gasteiger partial charge in [-0.1, -0.05) is 19.4 Å². The summed E-state index contributed by atoms with van der Waals surface area (Å²) in [6.45, 7) is 5.25. The number of amides is 1. The van der Waals surface area contributed by atoms with Crippen LogP contribution < -0.4 is 5.56 Å². The van der Waals surface area contributed by atoms with Crippen LogP contribution in [0, 0.1) is 0 Å². The van der Waals surface area contributed by atoms with Crippen LogP contribution in [0.3, 0.4) is 0 Å². The van der Waals surface area contributed by atoms with Crippen molar-refractivity contribution in [2.45, 2.75) is 26.7 Å². The molecule has 0 bridgehead atoms. The van der Waals surface area contributed by atoms with Crippen molar-refractivity contribution in [3.05, 3.63) is 46.5 Å². The molecule has 0 atom stereocenters. The van der Waals surface area contributed by atoms with Crippen molar-refractivity contribution >= 4 is 11.6 Å². The number of nitrogens with zero attached hydrogens (tertiary/aromatic N) is 3. The molecule has 0 aromatic carbocycles. The lowest BCUT2D eigenvalue weighted by molar-refractivity contribution is 0.0760. The van der Waals surface area contributed by atoms with Gasteiger partial charge >= 0.3 is 0 Å². The molecule has 0 aliphatic rings. The number of carbonyl (C=O) groups is 1. The van der Waals surface area contributed by atoms with Crippen LogP contribution in [0.2, 0.25) is 0 Å². The van der Waals surface area contributed by atoms with E-state index < -0.39 is 0 Å². The van der Waals surface area contributed by atoms with E-state index in [-0.39, 0.29) is 17.0 Å². The van der Waals surface area contributed by atoms with Crippen molar-refractivity contribution in [3.63, 3.8) is 0 Å². The van der Waals surface area contributed by atoms with Gasteiger partial charge in [0.25, 0.3) is 11.5 Å². The zero-order chi connectivity index (χ0) is 14.5. The molecule has 0 spiro atoms. The van der Waals surface area contributed by atoms with E-state index >= 15 is 0 Å². The lowest BCUT2D eigenvalue weighted by atomic mass is 10.2. The van der Waals surface area contributed by atoms with Crippen LogP contribution in [-0.4, -0.2) is 33.3 Å². The van der Waals surface area contributed by atoms with Crippen LogP contribution in [0.1, 0.15) is 37.0 Å². The van der Waals surface area contributed by atoms with E-state index in [1.165, 1.54) is 10.6 Å². The van der Waals surface area contributed by atoms with Gasteiger partial charge in [0.05, 0.1) is 0 Å². The average molecular weight is 273 g/mol. The molecule has 0 fully saturated rings. The zero-order valence-corrected chi connectivity index (χ0v) is 11.9. The van der Waals surface area contributed by atoms with Gasteiger partial charge in [0.15, 0.2) is 0 Å². The Morgan fingerprint density at radius 3 is 2.85 bits per heavy atom. The second kappa shape index (κ2) is 6.32. The van der Waals surface area contributed by atoms with E-state index in [1.807, 2.05) is 13.0 Å². The number of fused-ring (bicyclic) bond motifs is 1. The first-order chi connectivity index (χ1) is 9.69. The number of pyridine rings is 1. The molecule has 0 saturated heterocycles. The molecule has 2 heterocycles. The van der Waals surface area contributed by atoms with Gasteiger partial charge in [-0.25, -0.2) is 4.98 Å². The summed E-state index contributed by atoms with van der Waals surface area (Å²) in [6.07, 6.45) is 4.96. The number of hydrogen-bond donors (Lipinski definition) is 0. The second-order valence-corrected chi connectivity index (χ2v) is 4.64. The maximum Gasteiger partial charge on any atom is 0.270 e. The molecule has 2 aromatic heterocycles.